The van der Waals surface area contributed by atoms with Crippen molar-refractivity contribution >= 4 is 5.96 Å². The fourth-order valence-corrected chi connectivity index (χ4v) is 2.46. The number of hydrogen-bond donors (Lipinski definition) is 2. The minimum atomic E-state index is -2.61. The van der Waals surface area contributed by atoms with Crippen LogP contribution in [-0.2, 0) is 13.0 Å². The van der Waals surface area contributed by atoms with Gasteiger partial charge in [-0.1, -0.05) is 6.07 Å². The van der Waals surface area contributed by atoms with Crippen molar-refractivity contribution in [2.45, 2.75) is 19.5 Å². The average Bonchev–Trinajstić information content (AvgIpc) is 3.26. The van der Waals surface area contributed by atoms with E-state index in [1.807, 2.05) is 18.2 Å². The van der Waals surface area contributed by atoms with Gasteiger partial charge in [0.15, 0.2) is 17.5 Å². The van der Waals surface area contributed by atoms with Gasteiger partial charge in [0.25, 0.3) is 0 Å². The third-order valence-electron chi connectivity index (χ3n) is 3.74. The van der Waals surface area contributed by atoms with Gasteiger partial charge in [0.2, 0.25) is 6.79 Å². The number of guanidine groups is 1. The molecule has 1 aromatic carbocycles. The van der Waals surface area contributed by atoms with E-state index in [-0.39, 0.29) is 19.2 Å². The molecule has 1 aromatic heterocycles. The summed E-state index contributed by atoms with van der Waals surface area (Å²) in [6.45, 7) is -1.58. The van der Waals surface area contributed by atoms with E-state index < -0.39 is 6.55 Å². The topological polar surface area (TPSA) is 72.7 Å². The van der Waals surface area contributed by atoms with E-state index in [4.69, 9.17) is 9.47 Å². The molecule has 25 heavy (non-hydrogen) atoms. The van der Waals surface area contributed by atoms with Crippen molar-refractivity contribution in [2.75, 3.05) is 20.4 Å². The van der Waals surface area contributed by atoms with E-state index in [0.29, 0.717) is 12.5 Å². The molecule has 2 heterocycles. The lowest BCUT2D eigenvalue weighted by Gasteiger charge is -2.12. The highest BCUT2D eigenvalue weighted by atomic mass is 19.3. The van der Waals surface area contributed by atoms with Gasteiger partial charge >= 0.3 is 6.55 Å². The monoisotopic (exact) mass is 351 g/mol. The number of aromatic nitrogens is 2. The van der Waals surface area contributed by atoms with Crippen molar-refractivity contribution < 1.29 is 18.3 Å². The third kappa shape index (κ3) is 4.17. The minimum Gasteiger partial charge on any atom is -0.454 e. The van der Waals surface area contributed by atoms with Crippen molar-refractivity contribution in [3.8, 4) is 11.5 Å². The van der Waals surface area contributed by atoms with Crippen LogP contribution in [0.4, 0.5) is 8.78 Å². The molecular weight excluding hydrogens is 332 g/mol. The van der Waals surface area contributed by atoms with Crippen LogP contribution in [0.2, 0.25) is 0 Å². The summed E-state index contributed by atoms with van der Waals surface area (Å²) in [5.41, 5.74) is 1.10. The molecule has 0 fully saturated rings. The zero-order valence-corrected chi connectivity index (χ0v) is 13.7. The number of halogens is 2. The van der Waals surface area contributed by atoms with Crippen LogP contribution in [0.3, 0.4) is 0 Å². The maximum absolute atomic E-state index is 12.8. The first kappa shape index (κ1) is 17.0. The second kappa shape index (κ2) is 7.82. The number of imidazole rings is 1. The number of aliphatic imine (C=N–C) groups is 1. The first-order valence-corrected chi connectivity index (χ1v) is 7.80. The van der Waals surface area contributed by atoms with Gasteiger partial charge in [-0.3, -0.25) is 9.56 Å². The lowest BCUT2D eigenvalue weighted by atomic mass is 10.1. The maximum Gasteiger partial charge on any atom is 0.319 e. The van der Waals surface area contributed by atoms with Crippen LogP contribution in [0.15, 0.2) is 35.6 Å². The summed E-state index contributed by atoms with van der Waals surface area (Å²) in [4.78, 5) is 7.99. The third-order valence-corrected chi connectivity index (χ3v) is 3.74. The molecule has 0 bridgehead atoms. The summed E-state index contributed by atoms with van der Waals surface area (Å²) >= 11 is 0. The van der Waals surface area contributed by atoms with E-state index >= 15 is 0 Å². The molecule has 0 spiro atoms. The Morgan fingerprint density at radius 3 is 2.96 bits per heavy atom. The van der Waals surface area contributed by atoms with Crippen LogP contribution in [-0.4, -0.2) is 35.9 Å². The van der Waals surface area contributed by atoms with Crippen molar-refractivity contribution in [3.63, 3.8) is 0 Å². The number of nitrogens with zero attached hydrogens (tertiary/aromatic N) is 3. The van der Waals surface area contributed by atoms with Gasteiger partial charge in [-0.05, 0) is 24.1 Å². The SMILES string of the molecule is CN=C(NCCc1ccc2c(c1)OCO2)NCc1nccn1C(F)F. The quantitative estimate of drug-likeness (QED) is 0.614. The van der Waals surface area contributed by atoms with Crippen LogP contribution in [0.5, 0.6) is 11.5 Å². The molecule has 0 saturated carbocycles. The summed E-state index contributed by atoms with van der Waals surface area (Å²) in [7, 11) is 1.62. The van der Waals surface area contributed by atoms with E-state index in [9.17, 15) is 8.78 Å². The predicted octanol–water partition coefficient (Wildman–Crippen LogP) is 1.91. The van der Waals surface area contributed by atoms with Gasteiger partial charge in [0, 0.05) is 26.0 Å². The summed E-state index contributed by atoms with van der Waals surface area (Å²) in [5.74, 6) is 2.26. The normalized spacial score (nSPS) is 13.4. The zero-order chi connectivity index (χ0) is 17.6. The molecule has 9 heteroatoms. The Balaban J connectivity index is 1.47. The van der Waals surface area contributed by atoms with Gasteiger partial charge in [0.05, 0.1) is 6.54 Å². The number of rotatable bonds is 6. The Hall–Kier alpha value is -2.84. The Bertz CT molecular complexity index is 748. The number of benzene rings is 1. The first-order valence-electron chi connectivity index (χ1n) is 7.80. The highest BCUT2D eigenvalue weighted by Gasteiger charge is 2.13. The number of nitrogens with one attached hydrogen (secondary N) is 2. The maximum atomic E-state index is 12.8. The average molecular weight is 351 g/mol. The molecule has 0 saturated heterocycles. The number of fused-ring (bicyclic) bond motifs is 1. The largest absolute Gasteiger partial charge is 0.454 e. The number of alkyl halides is 2. The van der Waals surface area contributed by atoms with Gasteiger partial charge in [0.1, 0.15) is 5.82 Å². The van der Waals surface area contributed by atoms with Crippen molar-refractivity contribution in [2.24, 2.45) is 4.99 Å². The Morgan fingerprint density at radius 1 is 1.32 bits per heavy atom. The fraction of sp³-hybridized carbons (Fsp3) is 0.375. The summed E-state index contributed by atoms with van der Waals surface area (Å²) in [5, 5.41) is 6.11. The molecule has 0 radical (unpaired) electrons. The van der Waals surface area contributed by atoms with E-state index in [1.165, 1.54) is 12.4 Å². The fourth-order valence-electron chi connectivity index (χ4n) is 2.46. The molecule has 2 aromatic rings. The molecule has 0 unspecified atom stereocenters. The van der Waals surface area contributed by atoms with Crippen LogP contribution in [0.25, 0.3) is 0 Å². The molecule has 0 aliphatic carbocycles. The lowest BCUT2D eigenvalue weighted by Crippen LogP contribution is -2.38. The van der Waals surface area contributed by atoms with Crippen LogP contribution < -0.4 is 20.1 Å². The van der Waals surface area contributed by atoms with E-state index in [2.05, 4.69) is 20.6 Å². The molecular formula is C16H19F2N5O2. The Labute approximate surface area is 143 Å². The molecule has 1 aliphatic heterocycles. The second-order valence-corrected chi connectivity index (χ2v) is 5.32. The first-order chi connectivity index (χ1) is 12.2. The number of ether oxygens (including phenoxy) is 2. The zero-order valence-electron chi connectivity index (χ0n) is 13.7. The minimum absolute atomic E-state index is 0.154. The van der Waals surface area contributed by atoms with Crippen LogP contribution in [0, 0.1) is 0 Å². The summed E-state index contributed by atoms with van der Waals surface area (Å²) < 4.78 is 37.0. The molecule has 0 amide bonds. The Morgan fingerprint density at radius 2 is 2.16 bits per heavy atom. The van der Waals surface area contributed by atoms with Gasteiger partial charge in [-0.25, -0.2) is 4.98 Å². The summed E-state index contributed by atoms with van der Waals surface area (Å²) in [6.07, 6.45) is 3.35. The van der Waals surface area contributed by atoms with Gasteiger partial charge in [-0.2, -0.15) is 8.78 Å². The molecule has 134 valence electrons. The van der Waals surface area contributed by atoms with E-state index in [1.54, 1.807) is 7.05 Å². The van der Waals surface area contributed by atoms with Gasteiger partial charge < -0.3 is 20.1 Å². The number of hydrogen-bond acceptors (Lipinski definition) is 4. The molecule has 1 aliphatic rings. The second-order valence-electron chi connectivity index (χ2n) is 5.32. The molecule has 3 rings (SSSR count). The van der Waals surface area contributed by atoms with Crippen molar-refractivity contribution in [1.29, 1.82) is 0 Å². The highest BCUT2D eigenvalue weighted by molar-refractivity contribution is 5.79. The smallest absolute Gasteiger partial charge is 0.319 e. The van der Waals surface area contributed by atoms with Gasteiger partial charge in [-0.15, -0.1) is 0 Å². The van der Waals surface area contributed by atoms with Crippen LogP contribution in [0.1, 0.15) is 17.9 Å². The Kier molecular flexibility index (Phi) is 5.32. The summed E-state index contributed by atoms with van der Waals surface area (Å²) in [6, 6.07) is 5.80. The molecule has 2 N–H and O–H groups in total. The molecule has 0 atom stereocenters. The molecule has 7 nitrogen and oxygen atoms in total. The van der Waals surface area contributed by atoms with E-state index in [0.717, 1.165) is 28.1 Å². The standard InChI is InChI=1S/C16H19F2N5O2/c1-19-16(22-9-14-20-6-7-23(14)15(17)18)21-5-4-11-2-3-12-13(8-11)25-10-24-12/h2-3,6-8,15H,4-5,9-10H2,1H3,(H2,19,21,22). The van der Waals surface area contributed by atoms with Crippen LogP contribution >= 0.6 is 0 Å². The van der Waals surface area contributed by atoms with Crippen molar-refractivity contribution in [1.82, 2.24) is 20.2 Å². The lowest BCUT2D eigenvalue weighted by molar-refractivity contribution is 0.0668. The highest BCUT2D eigenvalue weighted by Crippen LogP contribution is 2.32. The predicted molar refractivity (Wildman–Crippen MR) is 88.0 cm³/mol. The van der Waals surface area contributed by atoms with Crippen molar-refractivity contribution in [3.05, 3.63) is 42.0 Å².